The molecule has 0 aromatic heterocycles. The van der Waals surface area contributed by atoms with Gasteiger partial charge in [-0.15, -0.1) is 0 Å². The van der Waals surface area contributed by atoms with Crippen LogP contribution in [0, 0.1) is 6.92 Å². The van der Waals surface area contributed by atoms with E-state index in [2.05, 4.69) is 5.32 Å². The molecule has 43 heavy (non-hydrogen) atoms. The molecule has 0 bridgehead atoms. The number of rotatable bonds is 12. The third-order valence-corrected chi connectivity index (χ3v) is 8.91. The Kier molecular flexibility index (Phi) is 10.6. The summed E-state index contributed by atoms with van der Waals surface area (Å²) in [6.07, 6.45) is 0.245. The third-order valence-electron chi connectivity index (χ3n) is 6.87. The quantitative estimate of drug-likeness (QED) is 0.211. The van der Waals surface area contributed by atoms with E-state index in [1.807, 2.05) is 57.2 Å². The predicted octanol–water partition coefficient (Wildman–Crippen LogP) is 6.01. The zero-order chi connectivity index (χ0) is 31.0. The maximum atomic E-state index is 14.4. The molecule has 0 saturated heterocycles. The number of benzene rings is 4. The van der Waals surface area contributed by atoms with Crippen molar-refractivity contribution in [2.75, 3.05) is 10.8 Å². The summed E-state index contributed by atoms with van der Waals surface area (Å²) in [5.74, 6) is -0.843. The molecule has 0 spiro atoms. The summed E-state index contributed by atoms with van der Waals surface area (Å²) in [4.78, 5) is 29.6. The largest absolute Gasteiger partial charge is 0.352 e. The summed E-state index contributed by atoms with van der Waals surface area (Å²) in [7, 11) is -4.13. The number of nitrogens with zero attached hydrogens (tertiary/aromatic N) is 2. The van der Waals surface area contributed by atoms with E-state index in [9.17, 15) is 18.0 Å². The van der Waals surface area contributed by atoms with Gasteiger partial charge in [0, 0.05) is 24.0 Å². The van der Waals surface area contributed by atoms with Crippen molar-refractivity contribution in [2.24, 2.45) is 0 Å². The van der Waals surface area contributed by atoms with Crippen molar-refractivity contribution in [3.8, 4) is 0 Å². The Morgan fingerprint density at radius 1 is 0.814 bits per heavy atom. The summed E-state index contributed by atoms with van der Waals surface area (Å²) in [5, 5.41) is 3.50. The molecule has 0 saturated carbocycles. The van der Waals surface area contributed by atoms with Crippen LogP contribution in [-0.2, 0) is 32.6 Å². The molecule has 0 aliphatic heterocycles. The fourth-order valence-electron chi connectivity index (χ4n) is 4.75. The summed E-state index contributed by atoms with van der Waals surface area (Å²) in [6, 6.07) is 30.4. The number of carbonyl (C=O) groups excluding carboxylic acids is 2. The molecule has 224 valence electrons. The molecule has 0 aliphatic rings. The lowest BCUT2D eigenvalue weighted by molar-refractivity contribution is -0.140. The Hall–Kier alpha value is -4.14. The van der Waals surface area contributed by atoms with Crippen molar-refractivity contribution in [2.45, 2.75) is 50.7 Å². The van der Waals surface area contributed by atoms with E-state index >= 15 is 0 Å². The van der Waals surface area contributed by atoms with Gasteiger partial charge in [-0.3, -0.25) is 13.9 Å². The monoisotopic (exact) mass is 617 g/mol. The molecule has 4 rings (SSSR count). The standard InChI is InChI=1S/C34H36ClN3O4S/c1-25(2)36-34(40)32(22-27-12-6-4-7-13-27)37(23-28-17-19-29(35)20-18-28)33(39)24-38(30-14-10-11-26(3)21-30)43(41,42)31-15-8-5-9-16-31/h4-21,25,32H,22-24H2,1-3H3,(H,36,40). The number of carbonyl (C=O) groups is 2. The minimum atomic E-state index is -4.13. The minimum absolute atomic E-state index is 0.0620. The molecule has 1 N–H and O–H groups in total. The Morgan fingerprint density at radius 2 is 1.44 bits per heavy atom. The Bertz CT molecular complexity index is 1630. The van der Waals surface area contributed by atoms with Crippen molar-refractivity contribution in [1.29, 1.82) is 0 Å². The Morgan fingerprint density at radius 3 is 2.05 bits per heavy atom. The zero-order valence-electron chi connectivity index (χ0n) is 24.5. The van der Waals surface area contributed by atoms with E-state index in [0.29, 0.717) is 10.7 Å². The van der Waals surface area contributed by atoms with Crippen LogP contribution in [0.15, 0.2) is 114 Å². The highest BCUT2D eigenvalue weighted by atomic mass is 35.5. The number of nitrogens with one attached hydrogen (secondary N) is 1. The van der Waals surface area contributed by atoms with Gasteiger partial charge in [0.2, 0.25) is 11.8 Å². The van der Waals surface area contributed by atoms with Crippen LogP contribution in [0.5, 0.6) is 0 Å². The topological polar surface area (TPSA) is 86.8 Å². The van der Waals surface area contributed by atoms with E-state index in [-0.39, 0.29) is 29.8 Å². The number of sulfonamides is 1. The summed E-state index contributed by atoms with van der Waals surface area (Å²) >= 11 is 6.13. The lowest BCUT2D eigenvalue weighted by Crippen LogP contribution is -2.54. The number of amides is 2. The molecule has 0 heterocycles. The van der Waals surface area contributed by atoms with Gasteiger partial charge in [-0.1, -0.05) is 84.4 Å². The van der Waals surface area contributed by atoms with Crippen LogP contribution in [0.3, 0.4) is 0 Å². The van der Waals surface area contributed by atoms with E-state index in [1.54, 1.807) is 60.7 Å². The van der Waals surface area contributed by atoms with Crippen LogP contribution < -0.4 is 9.62 Å². The highest BCUT2D eigenvalue weighted by Crippen LogP contribution is 2.26. The maximum absolute atomic E-state index is 14.4. The van der Waals surface area contributed by atoms with Gasteiger partial charge in [0.25, 0.3) is 10.0 Å². The molecule has 2 amide bonds. The zero-order valence-corrected chi connectivity index (χ0v) is 26.1. The molecule has 0 fully saturated rings. The first kappa shape index (κ1) is 31.8. The normalized spacial score (nSPS) is 12.0. The third kappa shape index (κ3) is 8.46. The molecule has 0 radical (unpaired) electrons. The van der Waals surface area contributed by atoms with Crippen LogP contribution >= 0.6 is 11.6 Å². The van der Waals surface area contributed by atoms with Crippen LogP contribution in [0.25, 0.3) is 0 Å². The van der Waals surface area contributed by atoms with Gasteiger partial charge in [-0.2, -0.15) is 0 Å². The lowest BCUT2D eigenvalue weighted by Gasteiger charge is -2.34. The van der Waals surface area contributed by atoms with E-state index in [0.717, 1.165) is 21.0 Å². The van der Waals surface area contributed by atoms with Gasteiger partial charge in [0.1, 0.15) is 12.6 Å². The maximum Gasteiger partial charge on any atom is 0.264 e. The minimum Gasteiger partial charge on any atom is -0.352 e. The predicted molar refractivity (Wildman–Crippen MR) is 171 cm³/mol. The van der Waals surface area contributed by atoms with Gasteiger partial charge in [0.05, 0.1) is 10.6 Å². The molecule has 0 aliphatic carbocycles. The fourth-order valence-corrected chi connectivity index (χ4v) is 6.31. The first-order valence-corrected chi connectivity index (χ1v) is 15.9. The van der Waals surface area contributed by atoms with Crippen molar-refractivity contribution < 1.29 is 18.0 Å². The smallest absolute Gasteiger partial charge is 0.264 e. The Labute approximate surface area is 259 Å². The highest BCUT2D eigenvalue weighted by molar-refractivity contribution is 7.92. The van der Waals surface area contributed by atoms with Gasteiger partial charge in [-0.05, 0) is 73.9 Å². The van der Waals surface area contributed by atoms with Gasteiger partial charge in [-0.25, -0.2) is 8.42 Å². The average molecular weight is 618 g/mol. The molecule has 1 unspecified atom stereocenters. The molecule has 1 atom stereocenters. The first-order chi connectivity index (χ1) is 20.5. The number of hydrogen-bond donors (Lipinski definition) is 1. The molecule has 4 aromatic carbocycles. The van der Waals surface area contributed by atoms with E-state index in [1.165, 1.54) is 17.0 Å². The second-order valence-electron chi connectivity index (χ2n) is 10.7. The number of anilines is 1. The lowest BCUT2D eigenvalue weighted by atomic mass is 10.0. The van der Waals surface area contributed by atoms with Crippen molar-refractivity contribution in [1.82, 2.24) is 10.2 Å². The second kappa shape index (κ2) is 14.4. The van der Waals surface area contributed by atoms with Gasteiger partial charge in [0.15, 0.2) is 0 Å². The van der Waals surface area contributed by atoms with E-state index < -0.39 is 28.5 Å². The highest BCUT2D eigenvalue weighted by Gasteiger charge is 2.34. The van der Waals surface area contributed by atoms with E-state index in [4.69, 9.17) is 11.6 Å². The molecular formula is C34H36ClN3O4S. The van der Waals surface area contributed by atoms with Crippen LogP contribution in [-0.4, -0.2) is 43.8 Å². The van der Waals surface area contributed by atoms with Crippen molar-refractivity contribution in [3.63, 3.8) is 0 Å². The van der Waals surface area contributed by atoms with Crippen LogP contribution in [0.4, 0.5) is 5.69 Å². The van der Waals surface area contributed by atoms with Crippen molar-refractivity contribution >= 4 is 39.1 Å². The van der Waals surface area contributed by atoms with Crippen molar-refractivity contribution in [3.05, 3.63) is 131 Å². The number of hydrogen-bond acceptors (Lipinski definition) is 4. The average Bonchev–Trinajstić information content (AvgIpc) is 2.99. The number of halogens is 1. The molecule has 7 nitrogen and oxygen atoms in total. The summed E-state index contributed by atoms with van der Waals surface area (Å²) in [6.45, 7) is 5.14. The number of aryl methyl sites for hydroxylation is 1. The Balaban J connectivity index is 1.80. The summed E-state index contributed by atoms with van der Waals surface area (Å²) < 4.78 is 29.1. The second-order valence-corrected chi connectivity index (χ2v) is 13.0. The summed E-state index contributed by atoms with van der Waals surface area (Å²) in [5.41, 5.74) is 2.82. The first-order valence-electron chi connectivity index (χ1n) is 14.1. The van der Waals surface area contributed by atoms with Crippen LogP contribution in [0.2, 0.25) is 5.02 Å². The molecular weight excluding hydrogens is 582 g/mol. The fraction of sp³-hybridized carbons (Fsp3) is 0.235. The van der Waals surface area contributed by atoms with Gasteiger partial charge < -0.3 is 10.2 Å². The van der Waals surface area contributed by atoms with Crippen LogP contribution in [0.1, 0.15) is 30.5 Å². The SMILES string of the molecule is Cc1cccc(N(CC(=O)N(Cc2ccc(Cl)cc2)C(Cc2ccccc2)C(=O)NC(C)C)S(=O)(=O)c2ccccc2)c1. The molecule has 9 heteroatoms. The van der Waals surface area contributed by atoms with Gasteiger partial charge >= 0.3 is 0 Å². The molecule has 4 aromatic rings.